The number of allylic oxidation sites excluding steroid dienone is 10. The summed E-state index contributed by atoms with van der Waals surface area (Å²) in [6.45, 7) is 17.3. The Kier molecular flexibility index (Phi) is 10.2. The van der Waals surface area contributed by atoms with Gasteiger partial charge in [-0.05, 0) is 92.4 Å². The molecule has 0 aromatic carbocycles. The lowest BCUT2D eigenvalue weighted by Gasteiger charge is -2.44. The molecular weight excluding hydrogens is 580 g/mol. The fourth-order valence-electron chi connectivity index (χ4n) is 7.59. The summed E-state index contributed by atoms with van der Waals surface area (Å²) in [6.07, 6.45) is 19.9. The van der Waals surface area contributed by atoms with E-state index in [1.54, 1.807) is 13.0 Å². The van der Waals surface area contributed by atoms with Gasteiger partial charge in [-0.2, -0.15) is 0 Å². The third kappa shape index (κ3) is 8.26. The highest BCUT2D eigenvalue weighted by Gasteiger charge is 2.52. The normalized spacial score (nSPS) is 33.5. The number of carbonyl (C=O) groups is 2. The van der Waals surface area contributed by atoms with Gasteiger partial charge in [0.1, 0.15) is 18.0 Å². The Balaban J connectivity index is 1.37. The lowest BCUT2D eigenvalue weighted by molar-refractivity contribution is -0.152. The van der Waals surface area contributed by atoms with Crippen molar-refractivity contribution >= 4 is 11.9 Å². The zero-order valence-electron chi connectivity index (χ0n) is 28.8. The first-order valence-corrected chi connectivity index (χ1v) is 16.1. The number of ether oxygens (including phenoxy) is 3. The van der Waals surface area contributed by atoms with Gasteiger partial charge in [0.2, 0.25) is 0 Å². The van der Waals surface area contributed by atoms with Crippen molar-refractivity contribution in [3.63, 3.8) is 0 Å². The quantitative estimate of drug-likeness (QED) is 0.133. The van der Waals surface area contributed by atoms with Crippen LogP contribution in [-0.4, -0.2) is 51.7 Å². The van der Waals surface area contributed by atoms with Crippen molar-refractivity contribution < 1.29 is 34.0 Å². The minimum atomic E-state index is -1.12. The van der Waals surface area contributed by atoms with Gasteiger partial charge in [0.15, 0.2) is 0 Å². The molecule has 4 aliphatic rings. The van der Waals surface area contributed by atoms with Gasteiger partial charge in [-0.15, -0.1) is 5.73 Å². The van der Waals surface area contributed by atoms with Crippen LogP contribution >= 0.6 is 0 Å². The predicted molar refractivity (Wildman–Crippen MR) is 179 cm³/mol. The van der Waals surface area contributed by atoms with E-state index in [1.165, 1.54) is 6.92 Å². The van der Waals surface area contributed by atoms with Crippen molar-refractivity contribution in [2.45, 2.75) is 118 Å². The van der Waals surface area contributed by atoms with Crippen LogP contribution in [0, 0.1) is 10.8 Å². The summed E-state index contributed by atoms with van der Waals surface area (Å²) in [5, 5.41) is 21.5. The molecule has 2 aliphatic carbocycles. The van der Waals surface area contributed by atoms with Gasteiger partial charge < -0.3 is 24.4 Å². The molecule has 46 heavy (non-hydrogen) atoms. The number of hydrogen-bond acceptors (Lipinski definition) is 7. The van der Waals surface area contributed by atoms with E-state index in [9.17, 15) is 19.8 Å². The van der Waals surface area contributed by atoms with E-state index in [1.807, 2.05) is 89.3 Å². The van der Waals surface area contributed by atoms with Crippen LogP contribution in [0.25, 0.3) is 0 Å². The molecular formula is C39H50O7. The molecule has 0 amide bonds. The zero-order chi connectivity index (χ0) is 34.1. The number of carbonyl (C=O) groups excluding carboxylic acids is 2. The molecule has 5 atom stereocenters. The minimum Gasteiger partial charge on any atom is -0.462 e. The Morgan fingerprint density at radius 3 is 2.22 bits per heavy atom. The second kappa shape index (κ2) is 13.3. The van der Waals surface area contributed by atoms with Crippen molar-refractivity contribution in [3.8, 4) is 0 Å². The van der Waals surface area contributed by atoms with Crippen LogP contribution in [0.3, 0.4) is 0 Å². The smallest absolute Gasteiger partial charge is 0.342 e. The molecule has 2 aliphatic heterocycles. The molecule has 7 heteroatoms. The summed E-state index contributed by atoms with van der Waals surface area (Å²) in [4.78, 5) is 24.2. The van der Waals surface area contributed by atoms with E-state index in [-0.39, 0.29) is 22.9 Å². The van der Waals surface area contributed by atoms with Gasteiger partial charge in [0.25, 0.3) is 0 Å². The number of esters is 2. The van der Waals surface area contributed by atoms with E-state index in [2.05, 4.69) is 19.6 Å². The van der Waals surface area contributed by atoms with Gasteiger partial charge in [-0.3, -0.25) is 4.79 Å². The van der Waals surface area contributed by atoms with Gasteiger partial charge in [0, 0.05) is 25.3 Å². The first-order valence-electron chi connectivity index (χ1n) is 16.1. The number of hydrogen-bond donors (Lipinski definition) is 2. The Morgan fingerprint density at radius 2 is 1.59 bits per heavy atom. The summed E-state index contributed by atoms with van der Waals surface area (Å²) >= 11 is 0. The number of aliphatic hydroxyl groups excluding tert-OH is 1. The number of rotatable bonds is 7. The minimum absolute atomic E-state index is 0.210. The SMILES string of the molecule is CC(=O)O[C@H]1CC(C)(C)C(=C=C/C(C)=C/C=C/C=C/C=C(C)/C=C2/C=C([C@H]3C=C4C(C)(C)C[C@H](O)C[C@@]4(C)O3)C(=O)O2)[C@](C)(O)C1. The fourth-order valence-corrected chi connectivity index (χ4v) is 7.59. The average molecular weight is 631 g/mol. The molecule has 4 rings (SSSR count). The maximum absolute atomic E-state index is 12.7. The topological polar surface area (TPSA) is 102 Å². The van der Waals surface area contributed by atoms with E-state index in [4.69, 9.17) is 14.2 Å². The Morgan fingerprint density at radius 1 is 0.935 bits per heavy atom. The molecule has 248 valence electrons. The summed E-state index contributed by atoms with van der Waals surface area (Å²) in [5.74, 6) is -0.270. The average Bonchev–Trinajstić information content (AvgIpc) is 3.42. The lowest BCUT2D eigenvalue weighted by atomic mass is 9.65. The van der Waals surface area contributed by atoms with E-state index in [0.717, 1.165) is 22.3 Å². The highest BCUT2D eigenvalue weighted by Crippen LogP contribution is 2.52. The predicted octanol–water partition coefficient (Wildman–Crippen LogP) is 7.21. The van der Waals surface area contributed by atoms with Crippen LogP contribution in [0.4, 0.5) is 0 Å². The third-order valence-electron chi connectivity index (χ3n) is 9.20. The van der Waals surface area contributed by atoms with Gasteiger partial charge in [-0.25, -0.2) is 4.79 Å². The molecule has 0 radical (unpaired) electrons. The zero-order valence-corrected chi connectivity index (χ0v) is 28.8. The van der Waals surface area contributed by atoms with Crippen molar-refractivity contribution in [1.29, 1.82) is 0 Å². The van der Waals surface area contributed by atoms with Crippen molar-refractivity contribution in [2.75, 3.05) is 0 Å². The van der Waals surface area contributed by atoms with Crippen LogP contribution in [0.1, 0.15) is 88.0 Å². The Labute approximate surface area is 274 Å². The van der Waals surface area contributed by atoms with Gasteiger partial charge in [0.05, 0.1) is 22.9 Å². The van der Waals surface area contributed by atoms with Crippen molar-refractivity contribution in [1.82, 2.24) is 0 Å². The molecule has 0 aromatic heterocycles. The number of aliphatic hydroxyl groups is 2. The summed E-state index contributed by atoms with van der Waals surface area (Å²) in [6, 6.07) is 0. The van der Waals surface area contributed by atoms with Crippen LogP contribution in [-0.2, 0) is 23.8 Å². The van der Waals surface area contributed by atoms with Crippen LogP contribution in [0.15, 0.2) is 100 Å². The third-order valence-corrected chi connectivity index (χ3v) is 9.20. The molecule has 2 fully saturated rings. The highest BCUT2D eigenvalue weighted by molar-refractivity contribution is 5.94. The molecule has 2 heterocycles. The maximum Gasteiger partial charge on any atom is 0.342 e. The second-order valence-electron chi connectivity index (χ2n) is 14.9. The van der Waals surface area contributed by atoms with Gasteiger partial charge >= 0.3 is 11.9 Å². The van der Waals surface area contributed by atoms with Crippen LogP contribution in [0.5, 0.6) is 0 Å². The summed E-state index contributed by atoms with van der Waals surface area (Å²) < 4.78 is 17.3. The number of fused-ring (bicyclic) bond motifs is 1. The summed E-state index contributed by atoms with van der Waals surface area (Å²) in [5.41, 5.74) is 5.32. The molecule has 0 unspecified atom stereocenters. The monoisotopic (exact) mass is 630 g/mol. The lowest BCUT2D eigenvalue weighted by Crippen LogP contribution is -2.46. The Hall–Kier alpha value is -3.48. The van der Waals surface area contributed by atoms with Crippen LogP contribution in [0.2, 0.25) is 0 Å². The van der Waals surface area contributed by atoms with E-state index < -0.39 is 29.4 Å². The molecule has 2 saturated carbocycles. The fraction of sp³-hybridized carbons (Fsp3) is 0.513. The first kappa shape index (κ1) is 35.4. The first-order chi connectivity index (χ1) is 21.3. The highest BCUT2D eigenvalue weighted by atomic mass is 16.6. The molecule has 7 nitrogen and oxygen atoms in total. The van der Waals surface area contributed by atoms with Crippen LogP contribution < -0.4 is 0 Å². The molecule has 0 aromatic rings. The standard InChI is InChI=1S/C39H50O7/c1-25(16-17-33-37(6,7)23-30(44-27(3)40)24-38(33,8)43)14-12-10-11-13-15-26(2)18-29-19-31(35(42)45-29)32-20-34-36(4,5)21-28(41)22-39(34,9)46-32/h10-16,18-20,28,30,32,41,43H,21-24H2,1-9H3/b12-10+,13-11+,25-14+,26-15+,29-18-/t17?,28-,30-,32+,38+,39+/m0/s1. The number of cyclic esters (lactones) is 1. The largest absolute Gasteiger partial charge is 0.462 e. The Bertz CT molecular complexity index is 1510. The molecule has 2 N–H and O–H groups in total. The van der Waals surface area contributed by atoms with E-state index >= 15 is 0 Å². The summed E-state index contributed by atoms with van der Waals surface area (Å²) in [7, 11) is 0. The maximum atomic E-state index is 12.7. The van der Waals surface area contributed by atoms with Crippen molar-refractivity contribution in [2.24, 2.45) is 10.8 Å². The molecule has 0 spiro atoms. The molecule has 0 saturated heterocycles. The van der Waals surface area contributed by atoms with Gasteiger partial charge in [-0.1, -0.05) is 64.2 Å². The second-order valence-corrected chi connectivity index (χ2v) is 14.9. The molecule has 0 bridgehead atoms. The van der Waals surface area contributed by atoms with Crippen molar-refractivity contribution in [3.05, 3.63) is 100 Å². The van der Waals surface area contributed by atoms with E-state index in [0.29, 0.717) is 37.0 Å².